The van der Waals surface area contributed by atoms with Crippen molar-refractivity contribution in [1.29, 1.82) is 0 Å². The van der Waals surface area contributed by atoms with Gasteiger partial charge in [-0.3, -0.25) is 4.90 Å². The number of anilines is 1. The highest BCUT2D eigenvalue weighted by molar-refractivity contribution is 6.30. The van der Waals surface area contributed by atoms with Crippen LogP contribution in [-0.2, 0) is 22.6 Å². The predicted molar refractivity (Wildman–Crippen MR) is 164 cm³/mol. The number of hydrogen-bond acceptors (Lipinski definition) is 8. The lowest BCUT2D eigenvalue weighted by atomic mass is 10.1. The van der Waals surface area contributed by atoms with Crippen LogP contribution in [0.4, 0.5) is 10.1 Å². The van der Waals surface area contributed by atoms with Gasteiger partial charge >= 0.3 is 5.97 Å². The van der Waals surface area contributed by atoms with Gasteiger partial charge in [-0.15, -0.1) is 0 Å². The Hall–Kier alpha value is -3.86. The maximum atomic E-state index is 14.7. The highest BCUT2D eigenvalue weighted by atomic mass is 35.5. The van der Waals surface area contributed by atoms with E-state index >= 15 is 0 Å². The van der Waals surface area contributed by atoms with E-state index in [4.69, 9.17) is 35.5 Å². The van der Waals surface area contributed by atoms with Gasteiger partial charge in [-0.2, -0.15) is 0 Å². The zero-order valence-electron chi connectivity index (χ0n) is 24.7. The summed E-state index contributed by atoms with van der Waals surface area (Å²) in [4.78, 5) is 22.0. The van der Waals surface area contributed by atoms with Crippen LogP contribution in [-0.4, -0.2) is 72.5 Å². The fourth-order valence-electron chi connectivity index (χ4n) is 6.25. The van der Waals surface area contributed by atoms with Gasteiger partial charge in [0.05, 0.1) is 48.6 Å². The Balaban J connectivity index is 1.10. The first kappa shape index (κ1) is 28.9. The Bertz CT molecular complexity index is 1710. The van der Waals surface area contributed by atoms with Crippen LogP contribution in [0, 0.1) is 5.82 Å². The lowest BCUT2D eigenvalue weighted by Crippen LogP contribution is -2.52. The Morgan fingerprint density at radius 1 is 1.16 bits per heavy atom. The molecule has 44 heavy (non-hydrogen) atoms. The first-order valence-corrected chi connectivity index (χ1v) is 15.3. The van der Waals surface area contributed by atoms with Gasteiger partial charge in [0.2, 0.25) is 0 Å². The minimum atomic E-state index is -0.577. The molecule has 4 aromatic rings. The fraction of sp³-hybridized carbons (Fsp3) is 0.394. The summed E-state index contributed by atoms with van der Waals surface area (Å²) in [6.07, 6.45) is 0.564. The summed E-state index contributed by atoms with van der Waals surface area (Å²) in [5.74, 6) is 1.45. The van der Waals surface area contributed by atoms with Crippen LogP contribution in [0.5, 0.6) is 11.5 Å². The van der Waals surface area contributed by atoms with E-state index in [0.717, 1.165) is 55.2 Å². The van der Waals surface area contributed by atoms with Crippen LogP contribution < -0.4 is 14.4 Å². The number of methoxy groups -OCH3 is 1. The van der Waals surface area contributed by atoms with Crippen molar-refractivity contribution in [2.75, 3.05) is 44.9 Å². The molecule has 0 spiro atoms. The number of para-hydroxylation sites is 1. The molecule has 2 saturated heterocycles. The number of piperazine rings is 1. The van der Waals surface area contributed by atoms with Crippen molar-refractivity contribution in [2.24, 2.45) is 0 Å². The summed E-state index contributed by atoms with van der Waals surface area (Å²) >= 11 is 5.97. The van der Waals surface area contributed by atoms with Gasteiger partial charge in [0.15, 0.2) is 17.6 Å². The van der Waals surface area contributed by atoms with Crippen molar-refractivity contribution in [1.82, 2.24) is 14.5 Å². The van der Waals surface area contributed by atoms with Crippen molar-refractivity contribution in [3.63, 3.8) is 0 Å². The van der Waals surface area contributed by atoms with Crippen LogP contribution in [0.15, 0.2) is 54.6 Å². The minimum Gasteiger partial charge on any atom is -0.485 e. The SMILES string of the molecule is COC(=O)c1ccc2nc(CN3CCN(c4cccc5c4O[C@@H](c4ccc(Cl)cc4F)CO5)C[C@@H]3C)n(C[C@@H]3CCO3)c2c1. The summed E-state index contributed by atoms with van der Waals surface area (Å²) in [6.45, 7) is 6.88. The van der Waals surface area contributed by atoms with Crippen molar-refractivity contribution >= 4 is 34.3 Å². The normalized spacial score (nSPS) is 21.7. The van der Waals surface area contributed by atoms with Gasteiger partial charge in [0, 0.05) is 42.9 Å². The lowest BCUT2D eigenvalue weighted by molar-refractivity contribution is -0.0592. The van der Waals surface area contributed by atoms with Crippen molar-refractivity contribution < 1.29 is 28.1 Å². The number of aromatic nitrogens is 2. The third-order valence-electron chi connectivity index (χ3n) is 8.80. The van der Waals surface area contributed by atoms with E-state index < -0.39 is 11.9 Å². The van der Waals surface area contributed by atoms with Gasteiger partial charge in [-0.1, -0.05) is 23.7 Å². The number of imidazole rings is 1. The highest BCUT2D eigenvalue weighted by Gasteiger charge is 2.32. The number of nitrogens with zero attached hydrogens (tertiary/aromatic N) is 4. The average Bonchev–Trinajstić information content (AvgIpc) is 3.34. The topological polar surface area (TPSA) is 78.3 Å². The summed E-state index contributed by atoms with van der Waals surface area (Å²) < 4.78 is 40.1. The Morgan fingerprint density at radius 2 is 2.02 bits per heavy atom. The Labute approximate surface area is 260 Å². The number of carbonyl (C=O) groups is 1. The quantitative estimate of drug-likeness (QED) is 0.246. The third-order valence-corrected chi connectivity index (χ3v) is 9.03. The summed E-state index contributed by atoms with van der Waals surface area (Å²) in [6, 6.07) is 16.2. The number of benzene rings is 3. The Morgan fingerprint density at radius 3 is 2.77 bits per heavy atom. The Kier molecular flexibility index (Phi) is 7.82. The van der Waals surface area contributed by atoms with Gasteiger partial charge in [0.1, 0.15) is 18.2 Å². The highest BCUT2D eigenvalue weighted by Crippen LogP contribution is 2.44. The number of ether oxygens (including phenoxy) is 4. The molecule has 0 amide bonds. The van der Waals surface area contributed by atoms with Gasteiger partial charge < -0.3 is 28.4 Å². The van der Waals surface area contributed by atoms with Crippen LogP contribution >= 0.6 is 11.6 Å². The molecule has 0 aliphatic carbocycles. The van der Waals surface area contributed by atoms with E-state index in [1.165, 1.54) is 13.2 Å². The molecular weight excluding hydrogens is 587 g/mol. The van der Waals surface area contributed by atoms with Gasteiger partial charge in [0.25, 0.3) is 0 Å². The second-order valence-corrected chi connectivity index (χ2v) is 12.0. The van der Waals surface area contributed by atoms with Crippen LogP contribution in [0.25, 0.3) is 11.0 Å². The largest absolute Gasteiger partial charge is 0.485 e. The van der Waals surface area contributed by atoms with Crippen molar-refractivity contribution in [3.05, 3.63) is 82.4 Å². The molecular formula is C33H34ClFN4O5. The van der Waals surface area contributed by atoms with E-state index in [-0.39, 0.29) is 24.7 Å². The summed E-state index contributed by atoms with van der Waals surface area (Å²) in [5.41, 5.74) is 3.60. The van der Waals surface area contributed by atoms with Crippen molar-refractivity contribution in [2.45, 2.75) is 44.7 Å². The molecule has 2 fully saturated rings. The molecule has 0 bridgehead atoms. The molecule has 3 aromatic carbocycles. The number of esters is 1. The molecule has 0 N–H and O–H groups in total. The number of halogens is 2. The van der Waals surface area contributed by atoms with E-state index in [1.807, 2.05) is 30.3 Å². The van der Waals surface area contributed by atoms with Gasteiger partial charge in [-0.25, -0.2) is 14.2 Å². The van der Waals surface area contributed by atoms with Crippen LogP contribution in [0.3, 0.4) is 0 Å². The zero-order chi connectivity index (χ0) is 30.4. The molecule has 0 saturated carbocycles. The lowest BCUT2D eigenvalue weighted by Gasteiger charge is -2.42. The second kappa shape index (κ2) is 11.9. The minimum absolute atomic E-state index is 0.138. The molecule has 1 aromatic heterocycles. The third kappa shape index (κ3) is 5.46. The number of rotatable bonds is 7. The first-order valence-electron chi connectivity index (χ1n) is 14.9. The second-order valence-electron chi connectivity index (χ2n) is 11.6. The summed E-state index contributed by atoms with van der Waals surface area (Å²) in [7, 11) is 1.39. The molecule has 3 aliphatic heterocycles. The maximum Gasteiger partial charge on any atom is 0.337 e. The molecule has 7 rings (SSSR count). The molecule has 9 nitrogen and oxygen atoms in total. The van der Waals surface area contributed by atoms with E-state index in [9.17, 15) is 9.18 Å². The van der Waals surface area contributed by atoms with Gasteiger partial charge in [-0.05, 0) is 55.8 Å². The molecule has 3 atom stereocenters. The molecule has 3 aliphatic rings. The van der Waals surface area contributed by atoms with Crippen molar-refractivity contribution in [3.8, 4) is 11.5 Å². The predicted octanol–water partition coefficient (Wildman–Crippen LogP) is 5.63. The first-order chi connectivity index (χ1) is 21.4. The molecule has 4 heterocycles. The maximum absolute atomic E-state index is 14.7. The fourth-order valence-corrected chi connectivity index (χ4v) is 6.41. The van der Waals surface area contributed by atoms with E-state index in [1.54, 1.807) is 18.2 Å². The molecule has 0 radical (unpaired) electrons. The van der Waals surface area contributed by atoms with E-state index in [0.29, 0.717) is 40.7 Å². The molecule has 0 unspecified atom stereocenters. The van der Waals surface area contributed by atoms with Crippen LogP contribution in [0.2, 0.25) is 5.02 Å². The molecule has 230 valence electrons. The monoisotopic (exact) mass is 620 g/mol. The summed E-state index contributed by atoms with van der Waals surface area (Å²) in [5, 5.41) is 0.341. The van der Waals surface area contributed by atoms with E-state index in [2.05, 4.69) is 21.3 Å². The zero-order valence-corrected chi connectivity index (χ0v) is 25.4. The smallest absolute Gasteiger partial charge is 0.337 e. The average molecular weight is 621 g/mol. The molecule has 11 heteroatoms. The van der Waals surface area contributed by atoms with Crippen LogP contribution in [0.1, 0.15) is 41.2 Å². The standard InChI is InChI=1S/C33H34ClFN4O5/c1-20-16-38(27-4-3-5-29-32(27)44-30(19-43-29)24-8-7-22(34)15-25(24)35)12-11-37(20)18-31-36-26-9-6-21(33(40)41-2)14-28(26)39(31)17-23-10-13-42-23/h3-9,14-15,20,23,30H,10-13,16-19H2,1-2H3/t20-,23-,30+/m0/s1. The number of fused-ring (bicyclic) bond motifs is 2. The number of hydrogen-bond donors (Lipinski definition) is 0. The number of carbonyl (C=O) groups excluding carboxylic acids is 1.